The summed E-state index contributed by atoms with van der Waals surface area (Å²) in [4.78, 5) is 13.3. The second-order valence-corrected chi connectivity index (χ2v) is 8.72. The Hall–Kier alpha value is -4.04. The summed E-state index contributed by atoms with van der Waals surface area (Å²) in [5, 5.41) is 17.3. The molecule has 8 heteroatoms. The Kier molecular flexibility index (Phi) is 6.05. The predicted octanol–water partition coefficient (Wildman–Crippen LogP) is 6.20. The number of hydrogen-bond acceptors (Lipinski definition) is 6. The highest BCUT2D eigenvalue weighted by Crippen LogP contribution is 2.39. The summed E-state index contributed by atoms with van der Waals surface area (Å²) >= 11 is 1.31. The van der Waals surface area contributed by atoms with Crippen molar-refractivity contribution in [2.45, 2.75) is 17.2 Å². The SMILES string of the molecule is Cc1cc(NC(=O)C(Sc2nnc(-c3ccc(F)cc3)c3ccccc23)c2ccccc2)no1. The van der Waals surface area contributed by atoms with Gasteiger partial charge < -0.3 is 9.84 Å². The summed E-state index contributed by atoms with van der Waals surface area (Å²) in [5.41, 5.74) is 2.23. The number of carbonyl (C=O) groups is 1. The topological polar surface area (TPSA) is 80.9 Å². The van der Waals surface area contributed by atoms with Crippen LogP contribution in [0.25, 0.3) is 22.0 Å². The molecule has 1 unspecified atom stereocenters. The Morgan fingerprint density at radius 1 is 0.941 bits per heavy atom. The summed E-state index contributed by atoms with van der Waals surface area (Å²) < 4.78 is 18.5. The van der Waals surface area contributed by atoms with Gasteiger partial charge >= 0.3 is 0 Å². The van der Waals surface area contributed by atoms with Crippen LogP contribution in [0.1, 0.15) is 16.6 Å². The third-order valence-electron chi connectivity index (χ3n) is 5.22. The van der Waals surface area contributed by atoms with Crippen molar-refractivity contribution in [1.82, 2.24) is 15.4 Å². The summed E-state index contributed by atoms with van der Waals surface area (Å²) in [7, 11) is 0. The van der Waals surface area contributed by atoms with E-state index in [9.17, 15) is 9.18 Å². The number of nitrogens with zero attached hydrogens (tertiary/aromatic N) is 3. The second-order valence-electron chi connectivity index (χ2n) is 7.63. The average Bonchev–Trinajstić information content (AvgIpc) is 3.27. The van der Waals surface area contributed by atoms with Crippen molar-refractivity contribution in [1.29, 1.82) is 0 Å². The van der Waals surface area contributed by atoms with Gasteiger partial charge in [0, 0.05) is 22.4 Å². The van der Waals surface area contributed by atoms with Crippen LogP contribution in [0.3, 0.4) is 0 Å². The number of anilines is 1. The molecule has 5 aromatic rings. The molecule has 0 saturated carbocycles. The smallest absolute Gasteiger partial charge is 0.243 e. The van der Waals surface area contributed by atoms with E-state index in [1.165, 1.54) is 23.9 Å². The maximum Gasteiger partial charge on any atom is 0.243 e. The number of amides is 1. The van der Waals surface area contributed by atoms with E-state index in [1.807, 2.05) is 54.6 Å². The summed E-state index contributed by atoms with van der Waals surface area (Å²) in [5.74, 6) is 0.393. The van der Waals surface area contributed by atoms with E-state index >= 15 is 0 Å². The highest BCUT2D eigenvalue weighted by molar-refractivity contribution is 8.00. The van der Waals surface area contributed by atoms with Crippen LogP contribution in [0.4, 0.5) is 10.2 Å². The van der Waals surface area contributed by atoms with Gasteiger partial charge in [-0.05, 0) is 36.8 Å². The zero-order valence-corrected chi connectivity index (χ0v) is 18.9. The largest absolute Gasteiger partial charge is 0.360 e. The molecule has 0 aliphatic carbocycles. The van der Waals surface area contributed by atoms with Gasteiger partial charge in [0.2, 0.25) is 5.91 Å². The van der Waals surface area contributed by atoms with Crippen molar-refractivity contribution in [3.05, 3.63) is 102 Å². The van der Waals surface area contributed by atoms with Crippen molar-refractivity contribution in [2.75, 3.05) is 5.32 Å². The third kappa shape index (κ3) is 4.53. The number of halogens is 1. The first-order valence-electron chi connectivity index (χ1n) is 10.6. The normalized spacial score (nSPS) is 11.9. The first-order chi connectivity index (χ1) is 16.6. The van der Waals surface area contributed by atoms with E-state index in [-0.39, 0.29) is 11.7 Å². The van der Waals surface area contributed by atoms with Gasteiger partial charge in [-0.15, -0.1) is 10.2 Å². The molecule has 2 heterocycles. The molecule has 2 aromatic heterocycles. The van der Waals surface area contributed by atoms with Crippen molar-refractivity contribution in [2.24, 2.45) is 0 Å². The molecule has 5 rings (SSSR count). The van der Waals surface area contributed by atoms with E-state index in [1.54, 1.807) is 25.1 Å². The Balaban J connectivity index is 1.54. The minimum atomic E-state index is -0.604. The van der Waals surface area contributed by atoms with Crippen molar-refractivity contribution >= 4 is 34.3 Å². The fraction of sp³-hybridized carbons (Fsp3) is 0.0769. The number of fused-ring (bicyclic) bond motifs is 1. The first-order valence-corrected chi connectivity index (χ1v) is 11.4. The number of rotatable bonds is 6. The second kappa shape index (κ2) is 9.44. The minimum absolute atomic E-state index is 0.252. The Bertz CT molecular complexity index is 1460. The number of carbonyl (C=O) groups excluding carboxylic acids is 1. The van der Waals surface area contributed by atoms with Gasteiger partial charge in [-0.2, -0.15) is 0 Å². The van der Waals surface area contributed by atoms with Gasteiger partial charge in [0.15, 0.2) is 5.82 Å². The highest BCUT2D eigenvalue weighted by Gasteiger charge is 2.25. The van der Waals surface area contributed by atoms with Crippen LogP contribution in [0, 0.1) is 12.7 Å². The molecule has 6 nitrogen and oxygen atoms in total. The molecule has 0 aliphatic rings. The van der Waals surface area contributed by atoms with Gasteiger partial charge in [-0.1, -0.05) is 71.5 Å². The van der Waals surface area contributed by atoms with Crippen LogP contribution in [0.15, 0.2) is 94.5 Å². The van der Waals surface area contributed by atoms with Crippen LogP contribution in [0.5, 0.6) is 0 Å². The fourth-order valence-electron chi connectivity index (χ4n) is 3.62. The summed E-state index contributed by atoms with van der Waals surface area (Å²) in [6.45, 7) is 1.76. The van der Waals surface area contributed by atoms with Crippen LogP contribution in [-0.4, -0.2) is 21.3 Å². The molecule has 0 fully saturated rings. The molecular formula is C26H19FN4O2S. The maximum atomic E-state index is 13.4. The lowest BCUT2D eigenvalue weighted by Crippen LogP contribution is -2.19. The minimum Gasteiger partial charge on any atom is -0.360 e. The molecule has 1 N–H and O–H groups in total. The van der Waals surface area contributed by atoms with Crippen molar-refractivity contribution < 1.29 is 13.7 Å². The zero-order chi connectivity index (χ0) is 23.5. The van der Waals surface area contributed by atoms with E-state index in [2.05, 4.69) is 20.7 Å². The molecule has 0 aliphatic heterocycles. The van der Waals surface area contributed by atoms with E-state index in [4.69, 9.17) is 4.52 Å². The Labute approximate surface area is 199 Å². The van der Waals surface area contributed by atoms with E-state index in [0.717, 1.165) is 21.9 Å². The number of nitrogens with one attached hydrogen (secondary N) is 1. The lowest BCUT2D eigenvalue weighted by molar-refractivity contribution is -0.115. The zero-order valence-electron chi connectivity index (χ0n) is 18.1. The Morgan fingerprint density at radius 3 is 2.35 bits per heavy atom. The molecular weight excluding hydrogens is 451 g/mol. The van der Waals surface area contributed by atoms with Crippen LogP contribution in [-0.2, 0) is 4.79 Å². The molecule has 0 spiro atoms. The molecule has 0 saturated heterocycles. The molecule has 3 aromatic carbocycles. The number of aromatic nitrogens is 3. The number of benzene rings is 3. The molecule has 0 bridgehead atoms. The number of thioether (sulfide) groups is 1. The van der Waals surface area contributed by atoms with Gasteiger partial charge in [0.05, 0.1) is 0 Å². The predicted molar refractivity (Wildman–Crippen MR) is 130 cm³/mol. The highest BCUT2D eigenvalue weighted by atomic mass is 32.2. The van der Waals surface area contributed by atoms with E-state index < -0.39 is 5.25 Å². The van der Waals surface area contributed by atoms with E-state index in [0.29, 0.717) is 22.3 Å². The molecule has 0 radical (unpaired) electrons. The average molecular weight is 471 g/mol. The van der Waals surface area contributed by atoms with Crippen LogP contribution >= 0.6 is 11.8 Å². The quantitative estimate of drug-likeness (QED) is 0.297. The molecule has 168 valence electrons. The van der Waals surface area contributed by atoms with Gasteiger partial charge in [-0.25, -0.2) is 4.39 Å². The lowest BCUT2D eigenvalue weighted by atomic mass is 10.1. The van der Waals surface area contributed by atoms with Crippen LogP contribution < -0.4 is 5.32 Å². The first kappa shape index (κ1) is 21.8. The molecule has 34 heavy (non-hydrogen) atoms. The van der Waals surface area contributed by atoms with Crippen LogP contribution in [0.2, 0.25) is 0 Å². The van der Waals surface area contributed by atoms with Gasteiger partial charge in [0.25, 0.3) is 0 Å². The van der Waals surface area contributed by atoms with Gasteiger partial charge in [-0.3, -0.25) is 4.79 Å². The summed E-state index contributed by atoms with van der Waals surface area (Å²) in [6, 6.07) is 25.0. The monoisotopic (exact) mass is 470 g/mol. The standard InChI is InChI=1S/C26H19FN4O2S/c1-16-15-22(31-33-16)28-25(32)24(18-7-3-2-4-8-18)34-26-21-10-6-5-9-20(21)23(29-30-26)17-11-13-19(27)14-12-17/h2-15,24H,1H3,(H,28,31,32). The van der Waals surface area contributed by atoms with Crippen molar-refractivity contribution in [3.8, 4) is 11.3 Å². The van der Waals surface area contributed by atoms with Gasteiger partial charge in [0.1, 0.15) is 27.5 Å². The number of aryl methyl sites for hydroxylation is 1. The summed E-state index contributed by atoms with van der Waals surface area (Å²) in [6.07, 6.45) is 0. The maximum absolute atomic E-state index is 13.4. The number of hydrogen-bond donors (Lipinski definition) is 1. The third-order valence-corrected chi connectivity index (χ3v) is 6.47. The van der Waals surface area contributed by atoms with Crippen molar-refractivity contribution in [3.63, 3.8) is 0 Å². The Morgan fingerprint density at radius 2 is 1.65 bits per heavy atom. The molecule has 1 amide bonds. The lowest BCUT2D eigenvalue weighted by Gasteiger charge is -2.17. The fourth-order valence-corrected chi connectivity index (χ4v) is 4.69. The molecule has 1 atom stereocenters.